The van der Waals surface area contributed by atoms with Gasteiger partial charge in [-0.2, -0.15) is 0 Å². The van der Waals surface area contributed by atoms with E-state index >= 15 is 0 Å². The van der Waals surface area contributed by atoms with Crippen molar-refractivity contribution in [2.45, 2.75) is 65.2 Å². The highest BCUT2D eigenvalue weighted by atomic mass is 16.1. The number of pyridine rings is 1. The molecular weight excluding hydrogens is 378 g/mol. The predicted octanol–water partition coefficient (Wildman–Crippen LogP) is 6.52. The van der Waals surface area contributed by atoms with Crippen LogP contribution in [-0.4, -0.2) is 4.57 Å². The van der Waals surface area contributed by atoms with Crippen molar-refractivity contribution in [3.63, 3.8) is 0 Å². The lowest BCUT2D eigenvalue weighted by molar-refractivity contribution is 0.653. The molecule has 0 atom stereocenters. The largest absolute Gasteiger partial charge is 0.308 e. The number of aryl methyl sites for hydroxylation is 4. The van der Waals surface area contributed by atoms with Crippen LogP contribution in [-0.2, 0) is 25.7 Å². The molecule has 0 amide bonds. The second-order valence-electron chi connectivity index (χ2n) is 9.62. The van der Waals surface area contributed by atoms with E-state index in [-0.39, 0.29) is 5.43 Å². The van der Waals surface area contributed by atoms with Gasteiger partial charge in [0.25, 0.3) is 0 Å². The van der Waals surface area contributed by atoms with E-state index in [0.717, 1.165) is 45.8 Å². The lowest BCUT2D eigenvalue weighted by atomic mass is 9.81. The Hall–Kier alpha value is -2.87. The molecule has 4 aromatic rings. The van der Waals surface area contributed by atoms with Gasteiger partial charge in [0, 0.05) is 10.8 Å². The van der Waals surface area contributed by atoms with E-state index in [9.17, 15) is 4.79 Å². The van der Waals surface area contributed by atoms with Gasteiger partial charge in [0.1, 0.15) is 0 Å². The second-order valence-corrected chi connectivity index (χ2v) is 9.62. The van der Waals surface area contributed by atoms with Gasteiger partial charge in [0.05, 0.1) is 16.7 Å². The van der Waals surface area contributed by atoms with Crippen molar-refractivity contribution < 1.29 is 0 Å². The van der Waals surface area contributed by atoms with E-state index < -0.39 is 0 Å². The monoisotopic (exact) mass is 407 g/mol. The number of hydrogen-bond donors (Lipinski definition) is 0. The zero-order chi connectivity index (χ0) is 21.1. The highest BCUT2D eigenvalue weighted by Gasteiger charge is 2.25. The van der Waals surface area contributed by atoms with Crippen LogP contribution in [0.25, 0.3) is 27.5 Å². The number of nitrogens with zero attached hydrogens (tertiary/aromatic N) is 1. The van der Waals surface area contributed by atoms with Gasteiger partial charge < -0.3 is 4.57 Å². The molecule has 0 aliphatic heterocycles. The average molecular weight is 408 g/mol. The number of fused-ring (bicyclic) bond motifs is 4. The molecule has 0 N–H and O–H groups in total. The standard InChI is InChI=1S/C29H29NO/c1-18-11-13-26-24(15-18)29(31)25-16-19(2)12-14-27(25)30(26)28-22-9-5-3-7-20(22)17-21-8-4-6-10-23(21)28/h11-17H,3-10H2,1-2H3. The molecule has 0 spiro atoms. The summed E-state index contributed by atoms with van der Waals surface area (Å²) in [5.74, 6) is 0. The van der Waals surface area contributed by atoms with Gasteiger partial charge in [-0.05, 0) is 112 Å². The normalized spacial score (nSPS) is 15.8. The maximum Gasteiger partial charge on any atom is 0.197 e. The predicted molar refractivity (Wildman–Crippen MR) is 130 cm³/mol. The first kappa shape index (κ1) is 18.9. The molecule has 0 radical (unpaired) electrons. The molecule has 0 bridgehead atoms. The van der Waals surface area contributed by atoms with E-state index in [1.165, 1.54) is 55.3 Å². The van der Waals surface area contributed by atoms with Crippen molar-refractivity contribution in [1.82, 2.24) is 4.57 Å². The summed E-state index contributed by atoms with van der Waals surface area (Å²) < 4.78 is 2.46. The van der Waals surface area contributed by atoms with E-state index in [0.29, 0.717) is 0 Å². The van der Waals surface area contributed by atoms with E-state index in [2.05, 4.69) is 60.9 Å². The Labute approximate surface area is 183 Å². The first-order valence-corrected chi connectivity index (χ1v) is 11.8. The summed E-state index contributed by atoms with van der Waals surface area (Å²) in [6, 6.07) is 15.3. The summed E-state index contributed by atoms with van der Waals surface area (Å²) in [6.07, 6.45) is 9.74. The third kappa shape index (κ3) is 2.88. The molecule has 2 aliphatic rings. The van der Waals surface area contributed by atoms with Gasteiger partial charge in [-0.1, -0.05) is 29.3 Å². The molecular formula is C29H29NO. The first-order valence-electron chi connectivity index (χ1n) is 11.8. The van der Waals surface area contributed by atoms with Crippen LogP contribution in [0.1, 0.15) is 59.1 Å². The third-order valence-electron chi connectivity index (χ3n) is 7.44. The SMILES string of the molecule is Cc1ccc2c(c1)c(=O)c1cc(C)ccc1n2-c1c2c(cc3c1CCCC3)CCCC2. The van der Waals surface area contributed by atoms with E-state index in [1.807, 2.05) is 0 Å². The summed E-state index contributed by atoms with van der Waals surface area (Å²) in [7, 11) is 0. The quantitative estimate of drug-likeness (QED) is 0.329. The minimum absolute atomic E-state index is 0.160. The third-order valence-corrected chi connectivity index (χ3v) is 7.44. The molecule has 156 valence electrons. The maximum absolute atomic E-state index is 13.5. The van der Waals surface area contributed by atoms with Crippen LogP contribution in [0.2, 0.25) is 0 Å². The molecule has 1 aromatic heterocycles. The molecule has 0 fully saturated rings. The van der Waals surface area contributed by atoms with Crippen molar-refractivity contribution in [3.05, 3.63) is 86.1 Å². The minimum atomic E-state index is 0.160. The van der Waals surface area contributed by atoms with Crippen LogP contribution in [0.3, 0.4) is 0 Å². The van der Waals surface area contributed by atoms with Crippen molar-refractivity contribution in [2.24, 2.45) is 0 Å². The lowest BCUT2D eigenvalue weighted by Crippen LogP contribution is -2.19. The minimum Gasteiger partial charge on any atom is -0.308 e. The van der Waals surface area contributed by atoms with Gasteiger partial charge in [-0.15, -0.1) is 0 Å². The topological polar surface area (TPSA) is 22.0 Å². The summed E-state index contributed by atoms with van der Waals surface area (Å²) in [5, 5.41) is 1.69. The van der Waals surface area contributed by atoms with Crippen molar-refractivity contribution in [1.29, 1.82) is 0 Å². The Balaban J connectivity index is 1.85. The fourth-order valence-corrected chi connectivity index (χ4v) is 5.95. The molecule has 0 saturated heterocycles. The molecule has 2 nitrogen and oxygen atoms in total. The van der Waals surface area contributed by atoms with E-state index in [4.69, 9.17) is 0 Å². The number of benzene rings is 3. The van der Waals surface area contributed by atoms with Crippen LogP contribution in [0.15, 0.2) is 47.3 Å². The highest BCUT2D eigenvalue weighted by Crippen LogP contribution is 2.38. The molecule has 0 unspecified atom stereocenters. The Bertz CT molecular complexity index is 1320. The molecule has 2 aliphatic carbocycles. The number of rotatable bonds is 1. The van der Waals surface area contributed by atoms with Crippen molar-refractivity contribution in [2.75, 3.05) is 0 Å². The summed E-state index contributed by atoms with van der Waals surface area (Å²) in [4.78, 5) is 13.5. The fraction of sp³-hybridized carbons (Fsp3) is 0.345. The van der Waals surface area contributed by atoms with Crippen LogP contribution in [0.4, 0.5) is 0 Å². The Kier molecular flexibility index (Phi) is 4.31. The molecule has 31 heavy (non-hydrogen) atoms. The molecule has 2 heteroatoms. The summed E-state index contributed by atoms with van der Waals surface area (Å²) in [6.45, 7) is 4.16. The first-order chi connectivity index (χ1) is 15.1. The maximum atomic E-state index is 13.5. The van der Waals surface area contributed by atoms with Gasteiger partial charge in [-0.3, -0.25) is 4.79 Å². The molecule has 0 saturated carbocycles. The van der Waals surface area contributed by atoms with Crippen molar-refractivity contribution >= 4 is 21.8 Å². The number of hydrogen-bond acceptors (Lipinski definition) is 1. The second kappa shape index (κ2) is 7.09. The smallest absolute Gasteiger partial charge is 0.197 e. The van der Waals surface area contributed by atoms with Gasteiger partial charge in [0.15, 0.2) is 5.43 Å². The molecule has 1 heterocycles. The Morgan fingerprint density at radius 1 is 0.645 bits per heavy atom. The fourth-order valence-electron chi connectivity index (χ4n) is 5.95. The van der Waals surface area contributed by atoms with Crippen LogP contribution >= 0.6 is 0 Å². The average Bonchev–Trinajstić information content (AvgIpc) is 2.79. The van der Waals surface area contributed by atoms with Gasteiger partial charge in [-0.25, -0.2) is 0 Å². The molecule has 3 aromatic carbocycles. The zero-order valence-corrected chi connectivity index (χ0v) is 18.6. The number of aromatic nitrogens is 1. The Morgan fingerprint density at radius 2 is 1.13 bits per heavy atom. The van der Waals surface area contributed by atoms with Crippen molar-refractivity contribution in [3.8, 4) is 5.69 Å². The zero-order valence-electron chi connectivity index (χ0n) is 18.6. The van der Waals surface area contributed by atoms with Crippen LogP contribution < -0.4 is 5.43 Å². The summed E-state index contributed by atoms with van der Waals surface area (Å²) >= 11 is 0. The van der Waals surface area contributed by atoms with Crippen LogP contribution in [0, 0.1) is 13.8 Å². The molecule has 6 rings (SSSR count). The Morgan fingerprint density at radius 3 is 1.65 bits per heavy atom. The summed E-state index contributed by atoms with van der Waals surface area (Å²) in [5.41, 5.74) is 12.1. The van der Waals surface area contributed by atoms with E-state index in [1.54, 1.807) is 11.1 Å². The van der Waals surface area contributed by atoms with Gasteiger partial charge >= 0.3 is 0 Å². The lowest BCUT2D eigenvalue weighted by Gasteiger charge is -2.30. The highest BCUT2D eigenvalue weighted by molar-refractivity contribution is 5.96. The van der Waals surface area contributed by atoms with Gasteiger partial charge in [0.2, 0.25) is 0 Å². The van der Waals surface area contributed by atoms with Crippen LogP contribution in [0.5, 0.6) is 0 Å².